The van der Waals surface area contributed by atoms with Crippen LogP contribution in [0.15, 0.2) is 188 Å². The van der Waals surface area contributed by atoms with Gasteiger partial charge in [-0.1, -0.05) is 146 Å². The fourth-order valence-corrected chi connectivity index (χ4v) is 7.38. The molecule has 0 aliphatic heterocycles. The molecular formula is C46H31N. The number of anilines is 3. The minimum absolute atomic E-state index is 1.12. The average Bonchev–Trinajstić information content (AvgIpc) is 3.49. The zero-order valence-corrected chi connectivity index (χ0v) is 25.8. The minimum Gasteiger partial charge on any atom is -0.310 e. The molecule has 0 radical (unpaired) electrons. The maximum Gasteiger partial charge on any atom is 0.0467 e. The molecule has 0 unspecified atom stereocenters. The fraction of sp³-hybridized carbons (Fsp3) is 0. The van der Waals surface area contributed by atoms with Crippen molar-refractivity contribution < 1.29 is 0 Å². The van der Waals surface area contributed by atoms with Crippen molar-refractivity contribution in [1.82, 2.24) is 0 Å². The SMILES string of the molecule is c1ccc(-c2cc(-c3cccc(N(c4ccccc4)c4ccccc4)c3)c(-c3ccccc3)c3c2-c2cccc4cccc-3c24)cc1. The van der Waals surface area contributed by atoms with Gasteiger partial charge in [0.1, 0.15) is 0 Å². The van der Waals surface area contributed by atoms with Gasteiger partial charge in [0.15, 0.2) is 0 Å². The normalized spacial score (nSPS) is 11.4. The highest BCUT2D eigenvalue weighted by molar-refractivity contribution is 6.22. The van der Waals surface area contributed by atoms with E-state index in [1.165, 1.54) is 66.4 Å². The van der Waals surface area contributed by atoms with Crippen molar-refractivity contribution in [2.75, 3.05) is 4.90 Å². The highest BCUT2D eigenvalue weighted by atomic mass is 15.1. The number of hydrogen-bond acceptors (Lipinski definition) is 1. The van der Waals surface area contributed by atoms with Gasteiger partial charge in [0, 0.05) is 17.1 Å². The monoisotopic (exact) mass is 597 g/mol. The summed E-state index contributed by atoms with van der Waals surface area (Å²) in [5.74, 6) is 0. The molecule has 1 nitrogen and oxygen atoms in total. The Balaban J connectivity index is 1.37. The molecule has 0 saturated carbocycles. The molecular weight excluding hydrogens is 567 g/mol. The molecule has 0 saturated heterocycles. The molecule has 0 spiro atoms. The molecule has 0 aromatic heterocycles. The summed E-state index contributed by atoms with van der Waals surface area (Å²) in [5.41, 5.74) is 16.0. The second-order valence-electron chi connectivity index (χ2n) is 12.1. The summed E-state index contributed by atoms with van der Waals surface area (Å²) in [5, 5.41) is 2.61. The number of hydrogen-bond donors (Lipinski definition) is 0. The van der Waals surface area contributed by atoms with Crippen LogP contribution in [0.25, 0.3) is 66.4 Å². The summed E-state index contributed by atoms with van der Waals surface area (Å²) in [4.78, 5) is 2.34. The second kappa shape index (κ2) is 11.3. The highest BCUT2D eigenvalue weighted by Crippen LogP contribution is 2.57. The first-order valence-electron chi connectivity index (χ1n) is 16.2. The van der Waals surface area contributed by atoms with Crippen LogP contribution in [-0.4, -0.2) is 0 Å². The lowest BCUT2D eigenvalue weighted by Crippen LogP contribution is -2.09. The third-order valence-electron chi connectivity index (χ3n) is 9.36. The van der Waals surface area contributed by atoms with Crippen molar-refractivity contribution in [3.05, 3.63) is 188 Å². The van der Waals surface area contributed by atoms with E-state index in [4.69, 9.17) is 0 Å². The van der Waals surface area contributed by atoms with Gasteiger partial charge in [0.2, 0.25) is 0 Å². The van der Waals surface area contributed by atoms with E-state index in [-0.39, 0.29) is 0 Å². The molecule has 1 heteroatoms. The van der Waals surface area contributed by atoms with Gasteiger partial charge in [-0.15, -0.1) is 0 Å². The van der Waals surface area contributed by atoms with Crippen molar-refractivity contribution >= 4 is 27.8 Å². The predicted molar refractivity (Wildman–Crippen MR) is 199 cm³/mol. The van der Waals surface area contributed by atoms with Gasteiger partial charge in [0.05, 0.1) is 0 Å². The highest BCUT2D eigenvalue weighted by Gasteiger charge is 2.30. The summed E-state index contributed by atoms with van der Waals surface area (Å²) >= 11 is 0. The van der Waals surface area contributed by atoms with Crippen molar-refractivity contribution in [2.45, 2.75) is 0 Å². The van der Waals surface area contributed by atoms with Gasteiger partial charge in [-0.05, 0) is 109 Å². The largest absolute Gasteiger partial charge is 0.310 e. The van der Waals surface area contributed by atoms with Crippen LogP contribution >= 0.6 is 0 Å². The zero-order chi connectivity index (χ0) is 31.2. The van der Waals surface area contributed by atoms with Gasteiger partial charge in [-0.2, -0.15) is 0 Å². The molecule has 0 heterocycles. The summed E-state index contributed by atoms with van der Waals surface area (Å²) in [7, 11) is 0. The summed E-state index contributed by atoms with van der Waals surface area (Å²) < 4.78 is 0. The molecule has 0 bridgehead atoms. The Morgan fingerprint density at radius 3 is 1.36 bits per heavy atom. The third-order valence-corrected chi connectivity index (χ3v) is 9.36. The van der Waals surface area contributed by atoms with Crippen LogP contribution in [-0.2, 0) is 0 Å². The number of nitrogens with zero attached hydrogens (tertiary/aromatic N) is 1. The lowest BCUT2D eigenvalue weighted by Gasteiger charge is -2.26. The molecule has 8 aromatic rings. The molecule has 47 heavy (non-hydrogen) atoms. The van der Waals surface area contributed by atoms with E-state index in [0.29, 0.717) is 0 Å². The van der Waals surface area contributed by atoms with Crippen LogP contribution in [0.3, 0.4) is 0 Å². The second-order valence-corrected chi connectivity index (χ2v) is 12.1. The smallest absolute Gasteiger partial charge is 0.0467 e. The Hall–Kier alpha value is -6.18. The van der Waals surface area contributed by atoms with E-state index in [2.05, 4.69) is 193 Å². The minimum atomic E-state index is 1.12. The van der Waals surface area contributed by atoms with Crippen LogP contribution in [0.5, 0.6) is 0 Å². The van der Waals surface area contributed by atoms with Crippen LogP contribution in [0.1, 0.15) is 0 Å². The first-order valence-corrected chi connectivity index (χ1v) is 16.2. The molecule has 0 atom stereocenters. The molecule has 9 rings (SSSR count). The zero-order valence-electron chi connectivity index (χ0n) is 25.8. The van der Waals surface area contributed by atoms with E-state index in [9.17, 15) is 0 Å². The fourth-order valence-electron chi connectivity index (χ4n) is 7.38. The first kappa shape index (κ1) is 27.2. The van der Waals surface area contributed by atoms with Crippen molar-refractivity contribution in [1.29, 1.82) is 0 Å². The van der Waals surface area contributed by atoms with Crippen LogP contribution < -0.4 is 4.90 Å². The van der Waals surface area contributed by atoms with Gasteiger partial charge < -0.3 is 4.90 Å². The first-order chi connectivity index (χ1) is 23.3. The van der Waals surface area contributed by atoms with E-state index in [1.807, 2.05) is 0 Å². The lowest BCUT2D eigenvalue weighted by molar-refractivity contribution is 1.28. The van der Waals surface area contributed by atoms with Gasteiger partial charge >= 0.3 is 0 Å². The molecule has 0 amide bonds. The van der Waals surface area contributed by atoms with Crippen molar-refractivity contribution in [2.24, 2.45) is 0 Å². The van der Waals surface area contributed by atoms with Crippen molar-refractivity contribution in [3.8, 4) is 55.6 Å². The Bertz CT molecular complexity index is 2330. The Morgan fingerprint density at radius 1 is 0.277 bits per heavy atom. The third kappa shape index (κ3) is 4.56. The van der Waals surface area contributed by atoms with Crippen molar-refractivity contribution in [3.63, 3.8) is 0 Å². The van der Waals surface area contributed by atoms with Gasteiger partial charge in [-0.3, -0.25) is 0 Å². The molecule has 1 aliphatic carbocycles. The van der Waals surface area contributed by atoms with E-state index in [0.717, 1.165) is 17.1 Å². The standard InChI is InChI=1S/C46H31N/c1-5-16-32(17-6-1)41-31-42(35-22-13-27-38(30-35)47(36-23-9-3-10-24-36)37-25-11-4-12-26-37)44(34-18-7-2-8-19-34)46-40-29-15-21-33-20-14-28-39(43(33)40)45(41)46/h1-31H. The number of fused-ring (bicyclic) bond motifs is 3. The van der Waals surface area contributed by atoms with E-state index >= 15 is 0 Å². The predicted octanol–water partition coefficient (Wildman–Crippen LogP) is 13.0. The van der Waals surface area contributed by atoms with Crippen LogP contribution in [0.2, 0.25) is 0 Å². The Labute approximate surface area is 275 Å². The Morgan fingerprint density at radius 2 is 0.745 bits per heavy atom. The van der Waals surface area contributed by atoms with E-state index < -0.39 is 0 Å². The summed E-state index contributed by atoms with van der Waals surface area (Å²) in [6, 6.07) is 68.1. The molecule has 0 fully saturated rings. The van der Waals surface area contributed by atoms with E-state index in [1.54, 1.807) is 0 Å². The number of rotatable bonds is 6. The maximum atomic E-state index is 2.44. The topological polar surface area (TPSA) is 3.24 Å². The van der Waals surface area contributed by atoms with Crippen LogP contribution in [0, 0.1) is 0 Å². The molecule has 8 aromatic carbocycles. The number of benzene rings is 8. The quantitative estimate of drug-likeness (QED) is 0.184. The number of para-hydroxylation sites is 2. The maximum absolute atomic E-state index is 2.44. The lowest BCUT2D eigenvalue weighted by atomic mass is 9.82. The molecule has 0 N–H and O–H groups in total. The molecule has 1 aliphatic rings. The average molecular weight is 598 g/mol. The Kier molecular flexibility index (Phi) is 6.54. The molecule has 220 valence electrons. The van der Waals surface area contributed by atoms with Gasteiger partial charge in [-0.25, -0.2) is 0 Å². The van der Waals surface area contributed by atoms with Crippen LogP contribution in [0.4, 0.5) is 17.1 Å². The van der Waals surface area contributed by atoms with Gasteiger partial charge in [0.25, 0.3) is 0 Å². The summed E-state index contributed by atoms with van der Waals surface area (Å²) in [6.07, 6.45) is 0. The summed E-state index contributed by atoms with van der Waals surface area (Å²) in [6.45, 7) is 0.